The maximum atomic E-state index is 12.6. The summed E-state index contributed by atoms with van der Waals surface area (Å²) in [6.07, 6.45) is 0.134. The van der Waals surface area contributed by atoms with E-state index in [-0.39, 0.29) is 17.9 Å². The second kappa shape index (κ2) is 8.32. The Morgan fingerprint density at radius 1 is 1.04 bits per heavy atom. The third kappa shape index (κ3) is 4.90. The average molecular weight is 434 g/mol. The van der Waals surface area contributed by atoms with Gasteiger partial charge < -0.3 is 0 Å². The van der Waals surface area contributed by atoms with E-state index in [0.717, 1.165) is 4.68 Å². The summed E-state index contributed by atoms with van der Waals surface area (Å²) in [7, 11) is -5.29. The van der Waals surface area contributed by atoms with Gasteiger partial charge in [-0.1, -0.05) is 30.7 Å². The third-order valence-corrected chi connectivity index (χ3v) is 5.54. The van der Waals surface area contributed by atoms with Gasteiger partial charge in [-0.05, 0) is 46.6 Å². The number of hydrogen-bond donors (Lipinski definition) is 1. The molecule has 0 spiro atoms. The van der Waals surface area contributed by atoms with Crippen LogP contribution in [0.15, 0.2) is 48.5 Å². The van der Waals surface area contributed by atoms with E-state index in [1.54, 1.807) is 31.2 Å². The Balaban J connectivity index is 2.48. The van der Waals surface area contributed by atoms with Crippen LogP contribution in [0.2, 0.25) is 5.02 Å². The largest absolute Gasteiger partial charge is 0.497 e. The van der Waals surface area contributed by atoms with Gasteiger partial charge in [0.1, 0.15) is 0 Å². The summed E-state index contributed by atoms with van der Waals surface area (Å²) in [5.41, 5.74) is -4.06. The van der Waals surface area contributed by atoms with Gasteiger partial charge in [-0.3, -0.25) is 0 Å². The Morgan fingerprint density at radius 2 is 1.50 bits per heavy atom. The second-order valence-electron chi connectivity index (χ2n) is 5.87. The first-order valence-electron chi connectivity index (χ1n) is 8.05. The van der Waals surface area contributed by atoms with Crippen molar-refractivity contribution in [1.29, 1.82) is 0 Å². The Hall–Kier alpha value is -2.39. The predicted molar refractivity (Wildman–Crippen MR) is 99.5 cm³/mol. The van der Waals surface area contributed by atoms with Crippen molar-refractivity contribution in [3.8, 4) is 0 Å². The first-order valence-corrected chi connectivity index (χ1v) is 10.1. The summed E-state index contributed by atoms with van der Waals surface area (Å²) in [5, 5.41) is 0.473. The number of nitrogens with zero attached hydrogens (tertiary/aromatic N) is 1. The quantitative estimate of drug-likeness (QED) is 0.257. The first-order chi connectivity index (χ1) is 13.0. The Labute approximate surface area is 165 Å². The fourth-order valence-electron chi connectivity index (χ4n) is 2.41. The molecule has 2 rings (SSSR count). The molecule has 0 saturated heterocycles. The monoisotopic (exact) mass is 433 g/mol. The molecule has 0 aliphatic rings. The summed E-state index contributed by atoms with van der Waals surface area (Å²) < 4.78 is 61.2. The fourth-order valence-corrected chi connectivity index (χ4v) is 3.33. The Kier molecular flexibility index (Phi) is 6.51. The van der Waals surface area contributed by atoms with Crippen LogP contribution in [-0.2, 0) is 20.4 Å². The fraction of sp³-hybridized carbons (Fsp3) is 0.222. The lowest BCUT2D eigenvalue weighted by Crippen LogP contribution is -2.34. The minimum atomic E-state index is -5.33. The molecule has 0 aliphatic heterocycles. The zero-order valence-electron chi connectivity index (χ0n) is 14.7. The lowest BCUT2D eigenvalue weighted by atomic mass is 10.0. The molecule has 0 heterocycles. The molecule has 0 fully saturated rings. The molecule has 2 N–H and O–H groups in total. The number of hydrogen-bond acceptors (Lipinski definition) is 4. The third-order valence-electron chi connectivity index (χ3n) is 3.87. The molecule has 0 atom stereocenters. The number of hydrazone groups is 1. The van der Waals surface area contributed by atoms with Crippen molar-refractivity contribution in [2.45, 2.75) is 24.6 Å². The van der Waals surface area contributed by atoms with Gasteiger partial charge >= 0.3 is 11.4 Å². The van der Waals surface area contributed by atoms with E-state index in [1.165, 1.54) is 24.3 Å². The van der Waals surface area contributed by atoms with Crippen LogP contribution in [0.3, 0.4) is 0 Å². The highest BCUT2D eigenvalue weighted by molar-refractivity contribution is 7.91. The van der Waals surface area contributed by atoms with Gasteiger partial charge in [0.25, 0.3) is 15.5 Å². The van der Waals surface area contributed by atoms with E-state index < -0.39 is 21.1 Å². The van der Waals surface area contributed by atoms with Gasteiger partial charge in [-0.2, -0.15) is 13.2 Å². The lowest BCUT2D eigenvalue weighted by molar-refractivity contribution is -0.458. The molecular weight excluding hydrogens is 417 g/mol. The van der Waals surface area contributed by atoms with Crippen molar-refractivity contribution in [2.24, 2.45) is 5.84 Å². The van der Waals surface area contributed by atoms with Gasteiger partial charge in [0, 0.05) is 16.1 Å². The van der Waals surface area contributed by atoms with Crippen LogP contribution in [-0.4, -0.2) is 30.2 Å². The van der Waals surface area contributed by atoms with Crippen molar-refractivity contribution in [3.63, 3.8) is 0 Å². The number of halogens is 4. The van der Waals surface area contributed by atoms with Crippen molar-refractivity contribution in [1.82, 2.24) is 0 Å². The zero-order valence-corrected chi connectivity index (χ0v) is 16.3. The molecular formula is C18H17ClF3N2O3S+. The van der Waals surface area contributed by atoms with Gasteiger partial charge in [-0.25, -0.2) is 19.1 Å². The highest BCUT2D eigenvalue weighted by Crippen LogP contribution is 2.27. The van der Waals surface area contributed by atoms with E-state index in [9.17, 15) is 26.4 Å². The maximum Gasteiger partial charge on any atom is 0.497 e. The molecule has 1 amide bonds. The molecule has 0 aromatic heterocycles. The molecule has 2 aromatic carbocycles. The van der Waals surface area contributed by atoms with Crippen LogP contribution in [0.4, 0.5) is 13.2 Å². The summed E-state index contributed by atoms with van der Waals surface area (Å²) in [6.45, 7) is 1.63. The summed E-state index contributed by atoms with van der Waals surface area (Å²) in [4.78, 5) is 12.1. The molecule has 10 heteroatoms. The van der Waals surface area contributed by atoms with Gasteiger partial charge in [-0.15, -0.1) is 0 Å². The number of benzene rings is 2. The first kappa shape index (κ1) is 21.9. The summed E-state index contributed by atoms with van der Waals surface area (Å²) in [5.74, 6) is 4.39. The summed E-state index contributed by atoms with van der Waals surface area (Å²) in [6, 6.07) is 11.8. The number of sulfone groups is 1. The van der Waals surface area contributed by atoms with Gasteiger partial charge in [0.15, 0.2) is 0 Å². The normalized spacial score (nSPS) is 13.2. The Morgan fingerprint density at radius 3 is 1.93 bits per heavy atom. The van der Waals surface area contributed by atoms with E-state index in [2.05, 4.69) is 0 Å². The van der Waals surface area contributed by atoms with Gasteiger partial charge in [0.05, 0.1) is 12.2 Å². The number of hydrazine groups is 1. The maximum absolute atomic E-state index is 12.6. The molecule has 28 heavy (non-hydrogen) atoms. The number of alkyl halides is 3. The van der Waals surface area contributed by atoms with Gasteiger partial charge in [0.2, 0.25) is 0 Å². The van der Waals surface area contributed by atoms with E-state index in [4.69, 9.17) is 17.4 Å². The highest BCUT2D eigenvalue weighted by atomic mass is 35.5. The number of rotatable bonds is 5. The van der Waals surface area contributed by atoms with Crippen LogP contribution in [0.5, 0.6) is 0 Å². The zero-order chi connectivity index (χ0) is 21.1. The highest BCUT2D eigenvalue weighted by Gasteiger charge is 2.45. The van der Waals surface area contributed by atoms with Crippen molar-refractivity contribution < 1.29 is 31.1 Å². The van der Waals surface area contributed by atoms with Crippen LogP contribution in [0, 0.1) is 0 Å². The molecule has 0 bridgehead atoms. The summed E-state index contributed by atoms with van der Waals surface area (Å²) >= 11 is 5.88. The van der Waals surface area contributed by atoms with E-state index in [1.807, 2.05) is 0 Å². The number of amides is 1. The minimum Gasteiger partial charge on any atom is -0.219 e. The molecule has 0 radical (unpaired) electrons. The number of carbonyl (C=O) groups excluding carboxylic acids is 1. The van der Waals surface area contributed by atoms with E-state index >= 15 is 0 Å². The average Bonchev–Trinajstić information content (AvgIpc) is 2.63. The topological polar surface area (TPSA) is 80.2 Å². The van der Waals surface area contributed by atoms with Crippen LogP contribution in [0.1, 0.15) is 30.0 Å². The lowest BCUT2D eigenvalue weighted by Gasteiger charge is -2.09. The standard InChI is InChI=1S/C18H17ClF3N2O3S/c1-2-16(25)24(23)17(14-7-9-15(19)10-8-14)13-5-3-12(4-6-13)11-28(26,27)18(20,21)22/h3-10H,2,11,23H2,1H3/q+1. The molecule has 150 valence electrons. The van der Waals surface area contributed by atoms with E-state index in [0.29, 0.717) is 21.9 Å². The number of nitrogens with two attached hydrogens (primary N) is 1. The van der Waals surface area contributed by atoms with Crippen LogP contribution >= 0.6 is 11.6 Å². The second-order valence-corrected chi connectivity index (χ2v) is 8.29. The van der Waals surface area contributed by atoms with Crippen molar-refractivity contribution >= 4 is 33.1 Å². The minimum absolute atomic E-state index is 0.0399. The van der Waals surface area contributed by atoms with Crippen LogP contribution in [0.25, 0.3) is 0 Å². The van der Waals surface area contributed by atoms with Crippen LogP contribution < -0.4 is 5.84 Å². The molecule has 5 nitrogen and oxygen atoms in total. The molecule has 0 saturated carbocycles. The number of carbonyl (C=O) groups is 1. The SMILES string of the molecule is CCC(=O)[N+](N)=C(c1ccc(Cl)cc1)c1ccc(CS(=O)(=O)C(F)(F)F)cc1. The predicted octanol–water partition coefficient (Wildman–Crippen LogP) is 3.43. The van der Waals surface area contributed by atoms with Crippen molar-refractivity contribution in [3.05, 3.63) is 70.2 Å². The smallest absolute Gasteiger partial charge is 0.219 e. The Bertz CT molecular complexity index is 1000. The molecule has 2 aromatic rings. The molecule has 0 aliphatic carbocycles. The van der Waals surface area contributed by atoms with Crippen molar-refractivity contribution in [2.75, 3.05) is 0 Å². The molecule has 0 unspecified atom stereocenters.